The van der Waals surface area contributed by atoms with Crippen LogP contribution in [-0.4, -0.2) is 36.5 Å². The zero-order chi connectivity index (χ0) is 13.2. The predicted octanol–water partition coefficient (Wildman–Crippen LogP) is 2.41. The highest BCUT2D eigenvalue weighted by atomic mass is 16.2. The number of carbonyl (C=O) groups excluding carboxylic acids is 1. The highest BCUT2D eigenvalue weighted by Crippen LogP contribution is 2.35. The van der Waals surface area contributed by atoms with Gasteiger partial charge in [0.2, 0.25) is 5.91 Å². The van der Waals surface area contributed by atoms with Gasteiger partial charge < -0.3 is 10.2 Å². The van der Waals surface area contributed by atoms with E-state index >= 15 is 0 Å². The van der Waals surface area contributed by atoms with Crippen LogP contribution in [0.1, 0.15) is 51.9 Å². The molecule has 1 saturated carbocycles. The number of hydrogen-bond acceptors (Lipinski definition) is 2. The second-order valence-corrected chi connectivity index (χ2v) is 6.85. The van der Waals surface area contributed by atoms with Crippen molar-refractivity contribution >= 4 is 5.91 Å². The minimum atomic E-state index is 0.227. The molecule has 0 radical (unpaired) electrons. The maximum atomic E-state index is 12.7. The van der Waals surface area contributed by atoms with Gasteiger partial charge in [0.25, 0.3) is 0 Å². The van der Waals surface area contributed by atoms with Crippen molar-refractivity contribution in [2.45, 2.75) is 57.9 Å². The van der Waals surface area contributed by atoms with Gasteiger partial charge >= 0.3 is 0 Å². The maximum absolute atomic E-state index is 12.7. The SMILES string of the molecule is CC(C(=O)N1CCCC1C1CCCCC1)C1CNC1. The molecule has 1 amide bonds. The molecule has 1 N–H and O–H groups in total. The second kappa shape index (κ2) is 5.82. The Bertz CT molecular complexity index is 321. The summed E-state index contributed by atoms with van der Waals surface area (Å²) in [4.78, 5) is 15.0. The average Bonchev–Trinajstić information content (AvgIpc) is 2.86. The van der Waals surface area contributed by atoms with Gasteiger partial charge in [-0.25, -0.2) is 0 Å². The van der Waals surface area contributed by atoms with Crippen molar-refractivity contribution in [1.29, 1.82) is 0 Å². The number of carbonyl (C=O) groups is 1. The van der Waals surface area contributed by atoms with Crippen LogP contribution >= 0.6 is 0 Å². The molecule has 0 aromatic heterocycles. The molecule has 108 valence electrons. The number of likely N-dealkylation sites (tertiary alicyclic amines) is 1. The van der Waals surface area contributed by atoms with E-state index < -0.39 is 0 Å². The third kappa shape index (κ3) is 2.67. The van der Waals surface area contributed by atoms with Crippen LogP contribution in [0.5, 0.6) is 0 Å². The Morgan fingerprint density at radius 3 is 2.47 bits per heavy atom. The molecule has 3 nitrogen and oxygen atoms in total. The Morgan fingerprint density at radius 1 is 1.11 bits per heavy atom. The van der Waals surface area contributed by atoms with Crippen LogP contribution in [0, 0.1) is 17.8 Å². The first-order valence-electron chi connectivity index (χ1n) is 8.28. The molecular weight excluding hydrogens is 236 g/mol. The Hall–Kier alpha value is -0.570. The monoisotopic (exact) mass is 264 g/mol. The lowest BCUT2D eigenvalue weighted by atomic mass is 9.82. The molecule has 0 aromatic rings. The zero-order valence-corrected chi connectivity index (χ0v) is 12.2. The number of hydrogen-bond donors (Lipinski definition) is 1. The Labute approximate surface area is 117 Å². The smallest absolute Gasteiger partial charge is 0.226 e. The fourth-order valence-electron chi connectivity index (χ4n) is 4.20. The van der Waals surface area contributed by atoms with E-state index in [2.05, 4.69) is 17.1 Å². The molecule has 0 aromatic carbocycles. The molecule has 19 heavy (non-hydrogen) atoms. The van der Waals surface area contributed by atoms with E-state index in [9.17, 15) is 4.79 Å². The van der Waals surface area contributed by atoms with Crippen LogP contribution in [-0.2, 0) is 4.79 Å². The third-order valence-corrected chi connectivity index (χ3v) is 5.69. The van der Waals surface area contributed by atoms with Gasteiger partial charge in [0.05, 0.1) is 0 Å². The van der Waals surface area contributed by atoms with Crippen molar-refractivity contribution in [1.82, 2.24) is 10.2 Å². The molecule has 1 aliphatic carbocycles. The number of nitrogens with one attached hydrogen (secondary N) is 1. The van der Waals surface area contributed by atoms with Gasteiger partial charge in [-0.1, -0.05) is 26.2 Å². The summed E-state index contributed by atoms with van der Waals surface area (Å²) in [5.74, 6) is 2.05. The van der Waals surface area contributed by atoms with Crippen molar-refractivity contribution < 1.29 is 4.79 Å². The molecule has 2 saturated heterocycles. The Morgan fingerprint density at radius 2 is 1.84 bits per heavy atom. The van der Waals surface area contributed by atoms with Gasteiger partial charge in [0.15, 0.2) is 0 Å². The minimum absolute atomic E-state index is 0.227. The summed E-state index contributed by atoms with van der Waals surface area (Å²) in [6, 6.07) is 0.572. The van der Waals surface area contributed by atoms with Crippen molar-refractivity contribution in [2.75, 3.05) is 19.6 Å². The highest BCUT2D eigenvalue weighted by Gasteiger charge is 2.39. The van der Waals surface area contributed by atoms with Gasteiger partial charge in [-0.2, -0.15) is 0 Å². The van der Waals surface area contributed by atoms with Crippen LogP contribution in [0.3, 0.4) is 0 Å². The van der Waals surface area contributed by atoms with Crippen LogP contribution in [0.4, 0.5) is 0 Å². The molecular formula is C16H28N2O. The van der Waals surface area contributed by atoms with Crippen LogP contribution in [0.25, 0.3) is 0 Å². The topological polar surface area (TPSA) is 32.3 Å². The molecule has 0 bridgehead atoms. The number of nitrogens with zero attached hydrogens (tertiary/aromatic N) is 1. The number of amides is 1. The van der Waals surface area contributed by atoms with E-state index in [-0.39, 0.29) is 5.92 Å². The van der Waals surface area contributed by atoms with Gasteiger partial charge in [-0.3, -0.25) is 4.79 Å². The third-order valence-electron chi connectivity index (χ3n) is 5.69. The molecule has 3 heteroatoms. The largest absolute Gasteiger partial charge is 0.339 e. The molecule has 3 aliphatic rings. The Kier molecular flexibility index (Phi) is 4.11. The first kappa shape index (κ1) is 13.4. The first-order chi connectivity index (χ1) is 9.27. The summed E-state index contributed by atoms with van der Waals surface area (Å²) in [6.07, 6.45) is 9.36. The fourth-order valence-corrected chi connectivity index (χ4v) is 4.20. The van der Waals surface area contributed by atoms with E-state index in [4.69, 9.17) is 0 Å². The van der Waals surface area contributed by atoms with Gasteiger partial charge in [-0.05, 0) is 50.6 Å². The van der Waals surface area contributed by atoms with Crippen LogP contribution in [0.2, 0.25) is 0 Å². The number of rotatable bonds is 3. The fraction of sp³-hybridized carbons (Fsp3) is 0.938. The summed E-state index contributed by atoms with van der Waals surface area (Å²) < 4.78 is 0. The Balaban J connectivity index is 1.62. The van der Waals surface area contributed by atoms with E-state index in [1.54, 1.807) is 0 Å². The summed E-state index contributed by atoms with van der Waals surface area (Å²) in [5.41, 5.74) is 0. The minimum Gasteiger partial charge on any atom is -0.339 e. The van der Waals surface area contributed by atoms with E-state index in [1.165, 1.54) is 44.9 Å². The quantitative estimate of drug-likeness (QED) is 0.849. The first-order valence-corrected chi connectivity index (χ1v) is 8.28. The zero-order valence-electron chi connectivity index (χ0n) is 12.2. The standard InChI is InChI=1S/C16H28N2O/c1-12(14-10-17-11-14)16(19)18-9-5-8-15(18)13-6-3-2-4-7-13/h12-15,17H,2-11H2,1H3. The molecule has 2 aliphatic heterocycles. The molecule has 2 atom stereocenters. The summed E-state index contributed by atoms with van der Waals surface area (Å²) in [6.45, 7) is 5.23. The van der Waals surface area contributed by atoms with E-state index in [0.717, 1.165) is 25.6 Å². The normalized spacial score (nSPS) is 31.2. The molecule has 2 heterocycles. The van der Waals surface area contributed by atoms with Crippen molar-refractivity contribution in [3.05, 3.63) is 0 Å². The van der Waals surface area contributed by atoms with Crippen molar-refractivity contribution in [2.24, 2.45) is 17.8 Å². The van der Waals surface area contributed by atoms with Crippen molar-refractivity contribution in [3.8, 4) is 0 Å². The van der Waals surface area contributed by atoms with E-state index in [0.29, 0.717) is 17.9 Å². The molecule has 2 unspecified atom stereocenters. The van der Waals surface area contributed by atoms with Gasteiger partial charge in [0.1, 0.15) is 0 Å². The lowest BCUT2D eigenvalue weighted by molar-refractivity contribution is -0.139. The molecule has 0 spiro atoms. The van der Waals surface area contributed by atoms with Gasteiger partial charge in [-0.15, -0.1) is 0 Å². The lowest BCUT2D eigenvalue weighted by Gasteiger charge is -2.38. The molecule has 3 fully saturated rings. The second-order valence-electron chi connectivity index (χ2n) is 6.85. The maximum Gasteiger partial charge on any atom is 0.226 e. The average molecular weight is 264 g/mol. The summed E-state index contributed by atoms with van der Waals surface area (Å²) in [7, 11) is 0. The predicted molar refractivity (Wildman–Crippen MR) is 76.8 cm³/mol. The highest BCUT2D eigenvalue weighted by molar-refractivity contribution is 5.79. The van der Waals surface area contributed by atoms with Crippen LogP contribution in [0.15, 0.2) is 0 Å². The lowest BCUT2D eigenvalue weighted by Crippen LogP contribution is -2.52. The summed E-state index contributed by atoms with van der Waals surface area (Å²) >= 11 is 0. The van der Waals surface area contributed by atoms with Crippen LogP contribution < -0.4 is 5.32 Å². The van der Waals surface area contributed by atoms with E-state index in [1.807, 2.05) is 0 Å². The van der Waals surface area contributed by atoms with Crippen molar-refractivity contribution in [3.63, 3.8) is 0 Å². The summed E-state index contributed by atoms with van der Waals surface area (Å²) in [5, 5.41) is 3.29. The molecule has 3 rings (SSSR count). The van der Waals surface area contributed by atoms with Gasteiger partial charge in [0, 0.05) is 18.5 Å².